The molecule has 0 fully saturated rings. The van der Waals surface area contributed by atoms with Crippen molar-refractivity contribution < 1.29 is 13.2 Å². The lowest BCUT2D eigenvalue weighted by atomic mass is 10.1. The number of alkyl halides is 3. The molecule has 0 unspecified atom stereocenters. The number of rotatable bonds is 5. The quantitative estimate of drug-likeness (QED) is 0.809. The Balaban J connectivity index is 2.48. The monoisotopic (exact) mass is 246 g/mol. The Morgan fingerprint density at radius 2 is 2.00 bits per heavy atom. The van der Waals surface area contributed by atoms with E-state index in [0.717, 1.165) is 5.56 Å². The molecule has 0 radical (unpaired) electrons. The average molecular weight is 246 g/mol. The summed E-state index contributed by atoms with van der Waals surface area (Å²) in [6.07, 6.45) is -3.55. The molecule has 0 aliphatic rings. The molecule has 96 valence electrons. The fraction of sp³-hybridized carbons (Fsp3) is 0.500. The van der Waals surface area contributed by atoms with Crippen molar-refractivity contribution >= 4 is 5.69 Å². The second kappa shape index (κ2) is 5.91. The average Bonchev–Trinajstić information content (AvgIpc) is 2.23. The fourth-order valence-electron chi connectivity index (χ4n) is 1.64. The number of nitrogen functional groups attached to an aromatic ring is 1. The van der Waals surface area contributed by atoms with Crippen molar-refractivity contribution in [2.75, 3.05) is 25.4 Å². The van der Waals surface area contributed by atoms with Gasteiger partial charge >= 0.3 is 6.18 Å². The molecule has 0 aromatic heterocycles. The summed E-state index contributed by atoms with van der Waals surface area (Å²) < 4.78 is 36.7. The van der Waals surface area contributed by atoms with Crippen molar-refractivity contribution in [2.24, 2.45) is 0 Å². The molecule has 1 aromatic carbocycles. The molecule has 0 bridgehead atoms. The molecule has 0 saturated heterocycles. The Morgan fingerprint density at radius 3 is 2.53 bits per heavy atom. The van der Waals surface area contributed by atoms with Gasteiger partial charge in [0.05, 0.1) is 6.54 Å². The van der Waals surface area contributed by atoms with Gasteiger partial charge in [-0.2, -0.15) is 13.2 Å². The zero-order valence-electron chi connectivity index (χ0n) is 9.80. The molecule has 0 aliphatic heterocycles. The van der Waals surface area contributed by atoms with Gasteiger partial charge in [0.25, 0.3) is 0 Å². The molecule has 0 heterocycles. The van der Waals surface area contributed by atoms with Gasteiger partial charge in [0.2, 0.25) is 0 Å². The topological polar surface area (TPSA) is 29.3 Å². The van der Waals surface area contributed by atoms with Gasteiger partial charge in [-0.15, -0.1) is 0 Å². The lowest BCUT2D eigenvalue weighted by molar-refractivity contribution is -0.145. The van der Waals surface area contributed by atoms with Crippen LogP contribution in [0.3, 0.4) is 0 Å². The lowest BCUT2D eigenvalue weighted by Gasteiger charge is -2.21. The highest BCUT2D eigenvalue weighted by molar-refractivity contribution is 5.40. The minimum atomic E-state index is -4.13. The molecule has 5 heteroatoms. The molecular formula is C12H17F3N2. The maximum Gasteiger partial charge on any atom is 0.401 e. The number of anilines is 1. The summed E-state index contributed by atoms with van der Waals surface area (Å²) in [4.78, 5) is 1.38. The largest absolute Gasteiger partial charge is 0.401 e. The highest BCUT2D eigenvalue weighted by atomic mass is 19.4. The molecule has 2 N–H and O–H groups in total. The SMILES string of the molecule is CCN(CCc1cccc(N)c1)CC(F)(F)F. The van der Waals surface area contributed by atoms with Gasteiger partial charge < -0.3 is 5.73 Å². The third-order valence-electron chi connectivity index (χ3n) is 2.52. The summed E-state index contributed by atoms with van der Waals surface area (Å²) in [5.41, 5.74) is 7.21. The molecule has 0 aliphatic carbocycles. The Morgan fingerprint density at radius 1 is 1.29 bits per heavy atom. The lowest BCUT2D eigenvalue weighted by Crippen LogP contribution is -2.35. The van der Waals surface area contributed by atoms with Gasteiger partial charge in [-0.05, 0) is 30.7 Å². The first kappa shape index (κ1) is 13.8. The van der Waals surface area contributed by atoms with Crippen LogP contribution in [0.25, 0.3) is 0 Å². The van der Waals surface area contributed by atoms with Crippen LogP contribution in [0.15, 0.2) is 24.3 Å². The van der Waals surface area contributed by atoms with Gasteiger partial charge in [0, 0.05) is 12.2 Å². The van der Waals surface area contributed by atoms with Gasteiger partial charge in [-0.3, -0.25) is 4.90 Å². The summed E-state index contributed by atoms with van der Waals surface area (Å²) in [6, 6.07) is 7.24. The first-order valence-electron chi connectivity index (χ1n) is 5.54. The predicted molar refractivity (Wildman–Crippen MR) is 62.7 cm³/mol. The molecule has 1 rings (SSSR count). The molecule has 0 atom stereocenters. The van der Waals surface area contributed by atoms with E-state index in [1.807, 2.05) is 12.1 Å². The normalized spacial score (nSPS) is 12.1. The summed E-state index contributed by atoms with van der Waals surface area (Å²) in [5, 5.41) is 0. The van der Waals surface area contributed by atoms with E-state index in [9.17, 15) is 13.2 Å². The zero-order chi connectivity index (χ0) is 12.9. The highest BCUT2D eigenvalue weighted by Gasteiger charge is 2.29. The van der Waals surface area contributed by atoms with Gasteiger partial charge in [-0.1, -0.05) is 19.1 Å². The summed E-state index contributed by atoms with van der Waals surface area (Å²) >= 11 is 0. The van der Waals surface area contributed by atoms with Crippen molar-refractivity contribution in [3.63, 3.8) is 0 Å². The number of nitrogens with zero attached hydrogens (tertiary/aromatic N) is 1. The standard InChI is InChI=1S/C12H17F3N2/c1-2-17(9-12(13,14)15)7-6-10-4-3-5-11(16)8-10/h3-5,8H,2,6-7,9,16H2,1H3. The van der Waals surface area contributed by atoms with Crippen LogP contribution in [-0.2, 0) is 6.42 Å². The van der Waals surface area contributed by atoms with Crippen LogP contribution in [0.5, 0.6) is 0 Å². The number of likely N-dealkylation sites (N-methyl/N-ethyl adjacent to an activating group) is 1. The molecule has 2 nitrogen and oxygen atoms in total. The van der Waals surface area contributed by atoms with Crippen LogP contribution in [0.1, 0.15) is 12.5 Å². The molecular weight excluding hydrogens is 229 g/mol. The minimum Gasteiger partial charge on any atom is -0.399 e. The van der Waals surface area contributed by atoms with E-state index in [-0.39, 0.29) is 0 Å². The minimum absolute atomic E-state index is 0.388. The predicted octanol–water partition coefficient (Wildman–Crippen LogP) is 2.70. The van der Waals surface area contributed by atoms with Crippen molar-refractivity contribution in [2.45, 2.75) is 19.5 Å². The van der Waals surface area contributed by atoms with Crippen LogP contribution in [0, 0.1) is 0 Å². The van der Waals surface area contributed by atoms with Crippen LogP contribution in [0.4, 0.5) is 18.9 Å². The number of nitrogens with two attached hydrogens (primary N) is 1. The number of halogens is 3. The van der Waals surface area contributed by atoms with E-state index in [0.29, 0.717) is 25.2 Å². The third-order valence-corrected chi connectivity index (χ3v) is 2.52. The van der Waals surface area contributed by atoms with Crippen LogP contribution < -0.4 is 5.73 Å². The fourth-order valence-corrected chi connectivity index (χ4v) is 1.64. The summed E-state index contributed by atoms with van der Waals surface area (Å²) in [7, 11) is 0. The Hall–Kier alpha value is -1.23. The van der Waals surface area contributed by atoms with Crippen LogP contribution >= 0.6 is 0 Å². The number of hydrogen-bond donors (Lipinski definition) is 1. The summed E-state index contributed by atoms with van der Waals surface area (Å²) in [6.45, 7) is 1.65. The first-order valence-corrected chi connectivity index (χ1v) is 5.54. The second-order valence-corrected chi connectivity index (χ2v) is 3.98. The van der Waals surface area contributed by atoms with E-state index < -0.39 is 12.7 Å². The van der Waals surface area contributed by atoms with E-state index >= 15 is 0 Å². The second-order valence-electron chi connectivity index (χ2n) is 3.98. The zero-order valence-corrected chi connectivity index (χ0v) is 9.80. The molecule has 17 heavy (non-hydrogen) atoms. The highest BCUT2D eigenvalue weighted by Crippen LogP contribution is 2.16. The van der Waals surface area contributed by atoms with Crippen molar-refractivity contribution in [3.8, 4) is 0 Å². The van der Waals surface area contributed by atoms with Gasteiger partial charge in [-0.25, -0.2) is 0 Å². The molecule has 0 amide bonds. The maximum absolute atomic E-state index is 12.2. The van der Waals surface area contributed by atoms with Crippen molar-refractivity contribution in [1.29, 1.82) is 0 Å². The van der Waals surface area contributed by atoms with Crippen LogP contribution in [0.2, 0.25) is 0 Å². The Kier molecular flexibility index (Phi) is 4.81. The van der Waals surface area contributed by atoms with E-state index in [1.165, 1.54) is 4.90 Å². The number of hydrogen-bond acceptors (Lipinski definition) is 2. The van der Waals surface area contributed by atoms with Gasteiger partial charge in [0.15, 0.2) is 0 Å². The summed E-state index contributed by atoms with van der Waals surface area (Å²) in [5.74, 6) is 0. The molecule has 1 aromatic rings. The van der Waals surface area contributed by atoms with Crippen molar-refractivity contribution in [3.05, 3.63) is 29.8 Å². The molecule has 0 saturated carbocycles. The van der Waals surface area contributed by atoms with Gasteiger partial charge in [0.1, 0.15) is 0 Å². The third kappa shape index (κ3) is 5.58. The maximum atomic E-state index is 12.2. The van der Waals surface area contributed by atoms with E-state index in [4.69, 9.17) is 5.73 Å². The Bertz CT molecular complexity index is 350. The van der Waals surface area contributed by atoms with Crippen molar-refractivity contribution in [1.82, 2.24) is 4.90 Å². The van der Waals surface area contributed by atoms with Crippen LogP contribution in [-0.4, -0.2) is 30.7 Å². The van der Waals surface area contributed by atoms with E-state index in [2.05, 4.69) is 0 Å². The van der Waals surface area contributed by atoms with E-state index in [1.54, 1.807) is 19.1 Å². The Labute approximate surface area is 99.2 Å². The number of benzene rings is 1. The first-order chi connectivity index (χ1) is 7.90. The smallest absolute Gasteiger partial charge is 0.399 e. The molecule has 0 spiro atoms.